The molecule has 2 aromatic carbocycles. The summed E-state index contributed by atoms with van der Waals surface area (Å²) < 4.78 is 15.4. The van der Waals surface area contributed by atoms with E-state index in [-0.39, 0.29) is 11.3 Å². The van der Waals surface area contributed by atoms with Crippen LogP contribution in [0, 0.1) is 10.1 Å². The second-order valence-electron chi connectivity index (χ2n) is 7.20. The second kappa shape index (κ2) is 10.5. The molecule has 1 aliphatic rings. The van der Waals surface area contributed by atoms with E-state index in [2.05, 4.69) is 5.32 Å². The fourth-order valence-electron chi connectivity index (χ4n) is 3.50. The average molecular weight is 443 g/mol. The Morgan fingerprint density at radius 3 is 2.47 bits per heavy atom. The van der Waals surface area contributed by atoms with Gasteiger partial charge in [0.05, 0.1) is 30.4 Å². The maximum absolute atomic E-state index is 12.4. The van der Waals surface area contributed by atoms with Crippen molar-refractivity contribution in [1.29, 1.82) is 0 Å². The van der Waals surface area contributed by atoms with Gasteiger partial charge in [-0.05, 0) is 43.5 Å². The van der Waals surface area contributed by atoms with Crippen molar-refractivity contribution < 1.29 is 28.7 Å². The Hall–Kier alpha value is -3.82. The fourth-order valence-corrected chi connectivity index (χ4v) is 3.50. The Morgan fingerprint density at radius 1 is 1.06 bits per heavy atom. The van der Waals surface area contributed by atoms with E-state index in [0.29, 0.717) is 22.9 Å². The molecule has 170 valence electrons. The van der Waals surface area contributed by atoms with Crippen LogP contribution < -0.4 is 19.7 Å². The van der Waals surface area contributed by atoms with Crippen LogP contribution in [0.3, 0.4) is 0 Å². The van der Waals surface area contributed by atoms with Gasteiger partial charge < -0.3 is 24.4 Å². The summed E-state index contributed by atoms with van der Waals surface area (Å²) >= 11 is 0. The molecule has 10 nitrogen and oxygen atoms in total. The molecule has 10 heteroatoms. The molecule has 1 fully saturated rings. The van der Waals surface area contributed by atoms with E-state index in [9.17, 15) is 19.7 Å². The number of anilines is 2. The highest BCUT2D eigenvalue weighted by Gasteiger charge is 2.24. The lowest BCUT2D eigenvalue weighted by molar-refractivity contribution is -0.384. The maximum Gasteiger partial charge on any atom is 0.338 e. The van der Waals surface area contributed by atoms with Crippen molar-refractivity contribution in [3.05, 3.63) is 52.1 Å². The number of esters is 1. The third-order valence-electron chi connectivity index (χ3n) is 5.12. The number of hydrogen-bond donors (Lipinski definition) is 1. The van der Waals surface area contributed by atoms with Crippen LogP contribution in [0.5, 0.6) is 11.5 Å². The Labute approximate surface area is 185 Å². The monoisotopic (exact) mass is 443 g/mol. The number of benzene rings is 2. The summed E-state index contributed by atoms with van der Waals surface area (Å²) in [4.78, 5) is 37.6. The maximum atomic E-state index is 12.4. The van der Waals surface area contributed by atoms with E-state index in [4.69, 9.17) is 14.2 Å². The molecule has 1 N–H and O–H groups in total. The van der Waals surface area contributed by atoms with Crippen molar-refractivity contribution in [2.75, 3.05) is 44.1 Å². The van der Waals surface area contributed by atoms with Gasteiger partial charge in [0, 0.05) is 25.2 Å². The predicted octanol–water partition coefficient (Wildman–Crippen LogP) is 3.40. The van der Waals surface area contributed by atoms with E-state index in [1.54, 1.807) is 24.3 Å². The van der Waals surface area contributed by atoms with Gasteiger partial charge in [-0.2, -0.15) is 0 Å². The van der Waals surface area contributed by atoms with Gasteiger partial charge in [0.1, 0.15) is 17.2 Å². The summed E-state index contributed by atoms with van der Waals surface area (Å²) in [5, 5.41) is 14.1. The number of methoxy groups -OCH3 is 2. The average Bonchev–Trinajstić information content (AvgIpc) is 2.82. The predicted molar refractivity (Wildman–Crippen MR) is 118 cm³/mol. The Kier molecular flexibility index (Phi) is 7.48. The van der Waals surface area contributed by atoms with Gasteiger partial charge >= 0.3 is 5.97 Å². The van der Waals surface area contributed by atoms with Crippen LogP contribution in [0.25, 0.3) is 0 Å². The van der Waals surface area contributed by atoms with Crippen molar-refractivity contribution in [2.24, 2.45) is 0 Å². The highest BCUT2D eigenvalue weighted by molar-refractivity contribution is 5.97. The normalized spacial score (nSPS) is 13.2. The first-order chi connectivity index (χ1) is 15.4. The number of piperidine rings is 1. The molecule has 0 aromatic heterocycles. The number of nitro groups is 1. The zero-order chi connectivity index (χ0) is 23.1. The Balaban J connectivity index is 1.65. The second-order valence-corrected chi connectivity index (χ2v) is 7.20. The van der Waals surface area contributed by atoms with Gasteiger partial charge in [-0.15, -0.1) is 0 Å². The van der Waals surface area contributed by atoms with Crippen molar-refractivity contribution >= 4 is 28.9 Å². The zero-order valence-corrected chi connectivity index (χ0v) is 18.0. The van der Waals surface area contributed by atoms with Crippen LogP contribution in [-0.4, -0.2) is 50.7 Å². The summed E-state index contributed by atoms with van der Waals surface area (Å²) in [7, 11) is 2.96. The standard InChI is InChI=1S/C22H25N3O7/c1-30-16-7-8-17(20(13-16)31-2)23-21(26)14-32-22(27)15-6-9-18(19(12-15)25(28)29)24-10-4-3-5-11-24/h6-9,12-13H,3-5,10-11,14H2,1-2H3,(H,23,26). The van der Waals surface area contributed by atoms with Crippen molar-refractivity contribution in [1.82, 2.24) is 0 Å². The van der Waals surface area contributed by atoms with E-state index in [0.717, 1.165) is 32.4 Å². The van der Waals surface area contributed by atoms with Crippen molar-refractivity contribution in [3.8, 4) is 11.5 Å². The lowest BCUT2D eigenvalue weighted by Gasteiger charge is -2.28. The van der Waals surface area contributed by atoms with Crippen LogP contribution in [0.15, 0.2) is 36.4 Å². The first kappa shape index (κ1) is 22.9. The molecule has 0 unspecified atom stereocenters. The quantitative estimate of drug-likeness (QED) is 0.374. The number of nitro benzene ring substituents is 1. The number of amides is 1. The number of ether oxygens (including phenoxy) is 3. The molecule has 0 spiro atoms. The highest BCUT2D eigenvalue weighted by atomic mass is 16.6. The minimum absolute atomic E-state index is 0.00675. The summed E-state index contributed by atoms with van der Waals surface area (Å²) in [6, 6.07) is 9.07. The summed E-state index contributed by atoms with van der Waals surface area (Å²) in [6.45, 7) is 0.912. The molecule has 1 heterocycles. The highest BCUT2D eigenvalue weighted by Crippen LogP contribution is 2.32. The van der Waals surface area contributed by atoms with Gasteiger partial charge in [-0.25, -0.2) is 4.79 Å². The van der Waals surface area contributed by atoms with Crippen molar-refractivity contribution in [2.45, 2.75) is 19.3 Å². The molecule has 0 radical (unpaired) electrons. The van der Waals surface area contributed by atoms with Crippen LogP contribution in [-0.2, 0) is 9.53 Å². The molecule has 0 atom stereocenters. The lowest BCUT2D eigenvalue weighted by Crippen LogP contribution is -2.30. The summed E-state index contributed by atoms with van der Waals surface area (Å²) in [6.07, 6.45) is 3.03. The van der Waals surface area contributed by atoms with Crippen LogP contribution in [0.4, 0.5) is 17.1 Å². The lowest BCUT2D eigenvalue weighted by atomic mass is 10.1. The number of nitrogens with zero attached hydrogens (tertiary/aromatic N) is 2. The van der Waals surface area contributed by atoms with Gasteiger partial charge in [0.2, 0.25) is 0 Å². The van der Waals surface area contributed by atoms with E-state index in [1.807, 2.05) is 4.90 Å². The Bertz CT molecular complexity index is 1000. The first-order valence-corrected chi connectivity index (χ1v) is 10.2. The van der Waals surface area contributed by atoms with E-state index >= 15 is 0 Å². The van der Waals surface area contributed by atoms with Gasteiger partial charge in [-0.3, -0.25) is 14.9 Å². The molecule has 32 heavy (non-hydrogen) atoms. The third kappa shape index (κ3) is 5.45. The van der Waals surface area contributed by atoms with Gasteiger partial charge in [0.25, 0.3) is 11.6 Å². The smallest absolute Gasteiger partial charge is 0.338 e. The molecule has 3 rings (SSSR count). The molecule has 1 saturated heterocycles. The number of carbonyl (C=O) groups is 2. The number of hydrogen-bond acceptors (Lipinski definition) is 8. The van der Waals surface area contributed by atoms with E-state index in [1.165, 1.54) is 26.4 Å². The molecule has 0 bridgehead atoms. The molecular weight excluding hydrogens is 418 g/mol. The molecule has 1 amide bonds. The molecular formula is C22H25N3O7. The summed E-state index contributed by atoms with van der Waals surface area (Å²) in [5.74, 6) is -0.467. The van der Waals surface area contributed by atoms with Gasteiger partial charge in [0.15, 0.2) is 6.61 Å². The number of nitrogens with one attached hydrogen (secondary N) is 1. The zero-order valence-electron chi connectivity index (χ0n) is 18.0. The Morgan fingerprint density at radius 2 is 1.81 bits per heavy atom. The summed E-state index contributed by atoms with van der Waals surface area (Å²) in [5.41, 5.74) is 0.715. The van der Waals surface area contributed by atoms with E-state index < -0.39 is 23.4 Å². The number of rotatable bonds is 8. The van der Waals surface area contributed by atoms with Crippen molar-refractivity contribution in [3.63, 3.8) is 0 Å². The van der Waals surface area contributed by atoms with Crippen LogP contribution in [0.1, 0.15) is 29.6 Å². The molecule has 0 aliphatic carbocycles. The SMILES string of the molecule is COc1ccc(NC(=O)COC(=O)c2ccc(N3CCCCC3)c([N+](=O)[O-])c2)c(OC)c1. The van der Waals surface area contributed by atoms with Crippen LogP contribution in [0.2, 0.25) is 0 Å². The molecule has 2 aromatic rings. The third-order valence-corrected chi connectivity index (χ3v) is 5.12. The topological polar surface area (TPSA) is 120 Å². The molecule has 0 saturated carbocycles. The van der Waals surface area contributed by atoms with Crippen LogP contribution >= 0.6 is 0 Å². The van der Waals surface area contributed by atoms with Gasteiger partial charge in [-0.1, -0.05) is 0 Å². The fraction of sp³-hybridized carbons (Fsp3) is 0.364. The largest absolute Gasteiger partial charge is 0.497 e. The first-order valence-electron chi connectivity index (χ1n) is 10.2. The molecule has 1 aliphatic heterocycles. The minimum Gasteiger partial charge on any atom is -0.497 e. The minimum atomic E-state index is -0.824. The number of carbonyl (C=O) groups excluding carboxylic acids is 2.